The number of rotatable bonds is 19. The van der Waals surface area contributed by atoms with Gasteiger partial charge in [0, 0.05) is 37.9 Å². The van der Waals surface area contributed by atoms with Crippen molar-refractivity contribution >= 4 is 56.1 Å². The molecule has 0 bridgehead atoms. The number of likely N-dealkylation sites (tertiary alicyclic amines) is 1. The maximum Gasteiger partial charge on any atom is 0.472 e. The molecule has 60 heavy (non-hydrogen) atoms. The molecule has 3 aliphatic heterocycles. The minimum Gasteiger partial charge on any atom is -0.455 e. The highest BCUT2D eigenvalue weighted by molar-refractivity contribution is 7.47. The average molecular weight is 886 g/mol. The Labute approximate surface area is 340 Å². The van der Waals surface area contributed by atoms with Gasteiger partial charge in [-0.2, -0.15) is 4.98 Å². The summed E-state index contributed by atoms with van der Waals surface area (Å²) in [6, 6.07) is 1.28. The summed E-state index contributed by atoms with van der Waals surface area (Å²) in [5.41, 5.74) is 10.9. The average Bonchev–Trinajstić information content (AvgIpc) is 3.87. The van der Waals surface area contributed by atoms with E-state index in [1.807, 2.05) is 0 Å². The van der Waals surface area contributed by atoms with Crippen LogP contribution in [0.1, 0.15) is 57.4 Å². The van der Waals surface area contributed by atoms with Crippen LogP contribution in [0.4, 0.5) is 11.6 Å². The quantitative estimate of drug-likeness (QED) is 0.0519. The number of nitrogen functional groups attached to an aromatic ring is 2. The van der Waals surface area contributed by atoms with Crippen LogP contribution < -0.4 is 17.2 Å². The van der Waals surface area contributed by atoms with E-state index in [1.165, 1.54) is 28.1 Å². The molecule has 0 aliphatic carbocycles. The van der Waals surface area contributed by atoms with Gasteiger partial charge in [-0.25, -0.2) is 28.9 Å². The van der Waals surface area contributed by atoms with Crippen LogP contribution in [-0.4, -0.2) is 128 Å². The Bertz CT molecular complexity index is 2220. The molecular formula is C33H45N9O16P2. The number of ether oxygens (including phenoxy) is 3. The molecule has 0 aromatic carbocycles. The Balaban J connectivity index is 1.16. The third kappa shape index (κ3) is 11.0. The molecule has 0 saturated carbocycles. The number of imidazole rings is 1. The highest BCUT2D eigenvalue weighted by Crippen LogP contribution is 2.50. The monoisotopic (exact) mass is 885 g/mol. The molecule has 25 nitrogen and oxygen atoms in total. The first-order chi connectivity index (χ1) is 28.4. The number of aliphatic hydroxyl groups excluding tert-OH is 1. The molecule has 6 heterocycles. The van der Waals surface area contributed by atoms with Crippen LogP contribution in [0.15, 0.2) is 42.4 Å². The third-order valence-corrected chi connectivity index (χ3v) is 11.5. The minimum absolute atomic E-state index is 0.00280. The number of anilines is 2. The fraction of sp³-hybridized carbons (Fsp3) is 0.576. The van der Waals surface area contributed by atoms with Gasteiger partial charge in [0.2, 0.25) is 5.91 Å². The fourth-order valence-corrected chi connectivity index (χ4v) is 8.42. The van der Waals surface area contributed by atoms with E-state index in [2.05, 4.69) is 31.0 Å². The Hall–Kier alpha value is -4.52. The molecule has 9 atom stereocenters. The van der Waals surface area contributed by atoms with E-state index in [9.17, 15) is 48.1 Å². The number of amides is 1. The molecule has 0 spiro atoms. The highest BCUT2D eigenvalue weighted by Gasteiger charge is 2.50. The SMILES string of the molecule is C=CCCC(=O)CC[C@H]1CCCN(CC(=O)OC2[C@@H](COP(=O)(O)OC3C[C@H](n4ccc(N)nc4=O)O[C@@H]3COP(=O)(O)O)O[C@@H](n3cnc4c(N)ncnc43)[C@H]2O)C1=O. The van der Waals surface area contributed by atoms with E-state index >= 15 is 0 Å². The highest BCUT2D eigenvalue weighted by atomic mass is 31.2. The second-order valence-electron chi connectivity index (χ2n) is 14.2. The van der Waals surface area contributed by atoms with Crippen LogP contribution in [0.2, 0.25) is 0 Å². The number of aliphatic hydroxyl groups is 1. The maximum atomic E-state index is 13.5. The Kier molecular flexibility index (Phi) is 14.3. The van der Waals surface area contributed by atoms with E-state index in [1.54, 1.807) is 6.08 Å². The number of ketones is 1. The van der Waals surface area contributed by atoms with Gasteiger partial charge in [0.15, 0.2) is 23.8 Å². The van der Waals surface area contributed by atoms with Crippen LogP contribution in [-0.2, 0) is 51.3 Å². The van der Waals surface area contributed by atoms with Crippen molar-refractivity contribution in [2.45, 2.75) is 87.9 Å². The van der Waals surface area contributed by atoms with Crippen LogP contribution in [0.5, 0.6) is 0 Å². The van der Waals surface area contributed by atoms with Gasteiger partial charge in [-0.05, 0) is 31.7 Å². The van der Waals surface area contributed by atoms with Crippen molar-refractivity contribution in [2.24, 2.45) is 5.92 Å². The number of esters is 1. The Morgan fingerprint density at radius 3 is 2.53 bits per heavy atom. The van der Waals surface area contributed by atoms with Crippen molar-refractivity contribution in [3.05, 3.63) is 48.1 Å². The van der Waals surface area contributed by atoms with Crippen LogP contribution >= 0.6 is 15.6 Å². The summed E-state index contributed by atoms with van der Waals surface area (Å²) in [5.74, 6) is -1.87. The van der Waals surface area contributed by atoms with Gasteiger partial charge in [-0.15, -0.1) is 6.58 Å². The summed E-state index contributed by atoms with van der Waals surface area (Å²) in [4.78, 5) is 98.0. The zero-order chi connectivity index (χ0) is 43.4. The summed E-state index contributed by atoms with van der Waals surface area (Å²) in [7, 11) is -10.3. The molecule has 6 rings (SSSR count). The summed E-state index contributed by atoms with van der Waals surface area (Å²) >= 11 is 0. The van der Waals surface area contributed by atoms with Gasteiger partial charge in [0.1, 0.15) is 60.6 Å². The summed E-state index contributed by atoms with van der Waals surface area (Å²) in [6.07, 6.45) is -2.90. The zero-order valence-electron chi connectivity index (χ0n) is 31.9. The number of carbonyl (C=O) groups is 3. The first kappa shape index (κ1) is 45.0. The topological polar surface area (TPSA) is 355 Å². The van der Waals surface area contributed by atoms with Crippen molar-refractivity contribution in [2.75, 3.05) is 37.8 Å². The maximum absolute atomic E-state index is 13.5. The van der Waals surface area contributed by atoms with Crippen LogP contribution in [0, 0.1) is 5.92 Å². The van der Waals surface area contributed by atoms with Gasteiger partial charge in [-0.3, -0.25) is 37.1 Å². The number of allylic oxidation sites excluding steroid dienone is 1. The number of Topliss-reactive ketones (excluding diaryl/α,β-unsaturated/α-hetero) is 1. The standard InChI is InChI=1S/C33H45N9O16P2/c1-2-3-6-19(43)8-7-18-5-4-10-40(31(18)46)13-25(44)57-28-22(56-32(27(28)45)42-17-38-26-29(35)36-16-37-30(26)42)15-54-60(51,52)58-20-12-24(41-11-9-23(34)39-33(41)47)55-21(20)14-53-59(48,49)50/h2,9,11,16-18,20-22,24,27-28,32,45H,1,3-8,10,12-15H2,(H,51,52)(H2,34,39,47)(H2,35,36,37)(H2,48,49,50)/t18-,20?,21-,22-,24-,27+,28?,32-/m1/s1. The lowest BCUT2D eigenvalue weighted by molar-refractivity contribution is -0.161. The molecule has 3 aromatic heterocycles. The van der Waals surface area contributed by atoms with E-state index < -0.39 is 96.0 Å². The molecule has 3 aliphatic rings. The lowest BCUT2D eigenvalue weighted by Crippen LogP contribution is -2.46. The first-order valence-electron chi connectivity index (χ1n) is 18.7. The fourth-order valence-electron chi connectivity index (χ4n) is 7.12. The number of hydrogen-bond acceptors (Lipinski definition) is 19. The largest absolute Gasteiger partial charge is 0.472 e. The molecule has 3 aromatic rings. The number of phosphoric acid groups is 2. The first-order valence-corrected chi connectivity index (χ1v) is 21.7. The second kappa shape index (κ2) is 19.0. The predicted molar refractivity (Wildman–Crippen MR) is 203 cm³/mol. The third-order valence-electron chi connectivity index (χ3n) is 10.0. The molecule has 3 fully saturated rings. The van der Waals surface area contributed by atoms with Gasteiger partial charge < -0.3 is 50.4 Å². The molecular weight excluding hydrogens is 840 g/mol. The molecule has 8 N–H and O–H groups in total. The van der Waals surface area contributed by atoms with Gasteiger partial charge >= 0.3 is 27.3 Å². The molecule has 1 amide bonds. The summed E-state index contributed by atoms with van der Waals surface area (Å²) < 4.78 is 59.8. The van der Waals surface area contributed by atoms with E-state index in [0.717, 1.165) is 10.9 Å². The van der Waals surface area contributed by atoms with Gasteiger partial charge in [0.25, 0.3) is 0 Å². The number of aromatic nitrogens is 6. The van der Waals surface area contributed by atoms with E-state index in [4.69, 9.17) is 34.7 Å². The lowest BCUT2D eigenvalue weighted by Gasteiger charge is -2.32. The second-order valence-corrected chi connectivity index (χ2v) is 16.8. The normalized spacial score (nSPS) is 26.9. The molecule has 3 saturated heterocycles. The van der Waals surface area contributed by atoms with Crippen molar-refractivity contribution < 1.29 is 71.1 Å². The Morgan fingerprint density at radius 1 is 1.03 bits per heavy atom. The zero-order valence-corrected chi connectivity index (χ0v) is 33.6. The molecule has 0 radical (unpaired) electrons. The lowest BCUT2D eigenvalue weighted by atomic mass is 9.91. The van der Waals surface area contributed by atoms with Crippen molar-refractivity contribution in [1.29, 1.82) is 0 Å². The van der Waals surface area contributed by atoms with Gasteiger partial charge in [-0.1, -0.05) is 6.08 Å². The number of hydrogen-bond donors (Lipinski definition) is 6. The number of nitrogens with two attached hydrogens (primary N) is 2. The van der Waals surface area contributed by atoms with E-state index in [0.29, 0.717) is 32.1 Å². The number of carbonyl (C=O) groups excluding carboxylic acids is 3. The number of piperidine rings is 1. The molecule has 328 valence electrons. The van der Waals surface area contributed by atoms with Crippen molar-refractivity contribution in [3.8, 4) is 0 Å². The van der Waals surface area contributed by atoms with E-state index in [-0.39, 0.29) is 53.9 Å². The summed E-state index contributed by atoms with van der Waals surface area (Å²) in [6.45, 7) is 1.61. The van der Waals surface area contributed by atoms with Crippen molar-refractivity contribution in [1.82, 2.24) is 34.0 Å². The molecule has 27 heteroatoms. The summed E-state index contributed by atoms with van der Waals surface area (Å²) in [5, 5.41) is 11.6. The van der Waals surface area contributed by atoms with Crippen LogP contribution in [0.3, 0.4) is 0 Å². The van der Waals surface area contributed by atoms with Crippen molar-refractivity contribution in [3.63, 3.8) is 0 Å². The predicted octanol–water partition coefficient (Wildman–Crippen LogP) is -0.129. The smallest absolute Gasteiger partial charge is 0.455 e. The number of fused-ring (bicyclic) bond motifs is 1. The minimum atomic E-state index is -5.20. The Morgan fingerprint density at radius 2 is 1.80 bits per heavy atom. The molecule has 3 unspecified atom stereocenters. The van der Waals surface area contributed by atoms with Gasteiger partial charge in [0.05, 0.1) is 19.5 Å². The van der Waals surface area contributed by atoms with Crippen LogP contribution in [0.25, 0.3) is 11.2 Å². The number of phosphoric ester groups is 2. The number of nitrogens with zero attached hydrogens (tertiary/aromatic N) is 7.